The highest BCUT2D eigenvalue weighted by atomic mass is 15.3. The van der Waals surface area contributed by atoms with Gasteiger partial charge < -0.3 is 9.88 Å². The van der Waals surface area contributed by atoms with Gasteiger partial charge in [-0.05, 0) is 32.7 Å². The second-order valence-corrected chi connectivity index (χ2v) is 4.54. The van der Waals surface area contributed by atoms with Gasteiger partial charge in [0.05, 0.1) is 0 Å². The second kappa shape index (κ2) is 3.93. The number of rotatable bonds is 2. The lowest BCUT2D eigenvalue weighted by molar-refractivity contribution is 0.280. The maximum atomic E-state index is 4.35. The summed E-state index contributed by atoms with van der Waals surface area (Å²) in [5.41, 5.74) is 0.203. The Hall–Kier alpha value is -0.900. The summed E-state index contributed by atoms with van der Waals surface area (Å²) in [6.45, 7) is 6.43. The van der Waals surface area contributed by atoms with E-state index in [-0.39, 0.29) is 5.41 Å². The Bertz CT molecular complexity index is 336. The van der Waals surface area contributed by atoms with Gasteiger partial charge in [0, 0.05) is 19.0 Å². The molecular formula is C11H20N4. The summed E-state index contributed by atoms with van der Waals surface area (Å²) < 4.78 is 2.14. The van der Waals surface area contributed by atoms with Crippen LogP contribution >= 0.6 is 0 Å². The van der Waals surface area contributed by atoms with Crippen LogP contribution in [0.1, 0.15) is 37.8 Å². The van der Waals surface area contributed by atoms with Crippen molar-refractivity contribution in [1.82, 2.24) is 20.1 Å². The first-order valence-corrected chi connectivity index (χ1v) is 5.77. The Morgan fingerprint density at radius 2 is 2.27 bits per heavy atom. The summed E-state index contributed by atoms with van der Waals surface area (Å²) in [6, 6.07) is 0. The molecule has 0 radical (unpaired) electrons. The number of nitrogens with zero attached hydrogens (tertiary/aromatic N) is 3. The lowest BCUT2D eigenvalue weighted by Crippen LogP contribution is -2.44. The maximum Gasteiger partial charge on any atom is 0.140 e. The predicted octanol–water partition coefficient (Wildman–Crippen LogP) is 1.15. The summed E-state index contributed by atoms with van der Waals surface area (Å²) in [4.78, 5) is 0. The SMILES string of the molecule is CCC1(c2nnc(C)n2C)CCCNC1. The van der Waals surface area contributed by atoms with Crippen molar-refractivity contribution >= 4 is 0 Å². The molecule has 15 heavy (non-hydrogen) atoms. The molecule has 0 aromatic carbocycles. The van der Waals surface area contributed by atoms with Crippen LogP contribution in [0.4, 0.5) is 0 Å². The molecule has 1 saturated heterocycles. The zero-order chi connectivity index (χ0) is 10.9. The Morgan fingerprint density at radius 3 is 2.73 bits per heavy atom. The molecule has 1 aromatic heterocycles. The molecule has 0 bridgehead atoms. The number of piperidine rings is 1. The van der Waals surface area contributed by atoms with Gasteiger partial charge in [-0.1, -0.05) is 6.92 Å². The Kier molecular flexibility index (Phi) is 2.78. The van der Waals surface area contributed by atoms with Gasteiger partial charge in [-0.15, -0.1) is 10.2 Å². The molecule has 1 aliphatic heterocycles. The van der Waals surface area contributed by atoms with Crippen LogP contribution in [0, 0.1) is 6.92 Å². The fourth-order valence-corrected chi connectivity index (χ4v) is 2.49. The van der Waals surface area contributed by atoms with Crippen LogP contribution in [-0.2, 0) is 12.5 Å². The van der Waals surface area contributed by atoms with E-state index in [2.05, 4.69) is 34.1 Å². The number of aromatic nitrogens is 3. The van der Waals surface area contributed by atoms with Gasteiger partial charge in [-0.25, -0.2) is 0 Å². The van der Waals surface area contributed by atoms with Crippen LogP contribution in [0.3, 0.4) is 0 Å². The van der Waals surface area contributed by atoms with Gasteiger partial charge in [-0.3, -0.25) is 0 Å². The summed E-state index contributed by atoms with van der Waals surface area (Å²) in [5, 5.41) is 12.0. The van der Waals surface area contributed by atoms with Gasteiger partial charge in [0.25, 0.3) is 0 Å². The van der Waals surface area contributed by atoms with E-state index in [1.807, 2.05) is 6.92 Å². The van der Waals surface area contributed by atoms with Gasteiger partial charge >= 0.3 is 0 Å². The number of hydrogen-bond donors (Lipinski definition) is 1. The summed E-state index contributed by atoms with van der Waals surface area (Å²) in [6.07, 6.45) is 3.59. The first-order valence-electron chi connectivity index (χ1n) is 5.77. The fraction of sp³-hybridized carbons (Fsp3) is 0.818. The summed E-state index contributed by atoms with van der Waals surface area (Å²) >= 11 is 0. The molecule has 84 valence electrons. The molecule has 2 heterocycles. The molecule has 1 aliphatic rings. The van der Waals surface area contributed by atoms with Crippen molar-refractivity contribution in [3.05, 3.63) is 11.6 Å². The third-order valence-electron chi connectivity index (χ3n) is 3.72. The van der Waals surface area contributed by atoms with Crippen molar-refractivity contribution in [3.63, 3.8) is 0 Å². The monoisotopic (exact) mass is 208 g/mol. The fourth-order valence-electron chi connectivity index (χ4n) is 2.49. The minimum atomic E-state index is 0.203. The summed E-state index contributed by atoms with van der Waals surface area (Å²) in [7, 11) is 2.07. The van der Waals surface area contributed by atoms with E-state index >= 15 is 0 Å². The zero-order valence-corrected chi connectivity index (χ0v) is 9.88. The smallest absolute Gasteiger partial charge is 0.140 e. The molecule has 1 N–H and O–H groups in total. The molecule has 1 fully saturated rings. The number of hydrogen-bond acceptors (Lipinski definition) is 3. The number of aryl methyl sites for hydroxylation is 1. The molecule has 0 spiro atoms. The first-order chi connectivity index (χ1) is 7.19. The Morgan fingerprint density at radius 1 is 1.47 bits per heavy atom. The first kappa shape index (κ1) is 10.6. The van der Waals surface area contributed by atoms with Crippen molar-refractivity contribution < 1.29 is 0 Å². The van der Waals surface area contributed by atoms with Crippen molar-refractivity contribution in [1.29, 1.82) is 0 Å². The lowest BCUT2D eigenvalue weighted by atomic mass is 9.77. The minimum absolute atomic E-state index is 0.203. The van der Waals surface area contributed by atoms with Crippen LogP contribution in [-0.4, -0.2) is 27.9 Å². The van der Waals surface area contributed by atoms with E-state index in [9.17, 15) is 0 Å². The lowest BCUT2D eigenvalue weighted by Gasteiger charge is -2.35. The Labute approximate surface area is 91.1 Å². The normalized spacial score (nSPS) is 26.9. The highest BCUT2D eigenvalue weighted by molar-refractivity contribution is 5.12. The molecule has 1 unspecified atom stereocenters. The highest BCUT2D eigenvalue weighted by Crippen LogP contribution is 2.32. The van der Waals surface area contributed by atoms with Gasteiger partial charge in [0.1, 0.15) is 11.6 Å². The average molecular weight is 208 g/mol. The molecule has 4 nitrogen and oxygen atoms in total. The molecule has 2 rings (SSSR count). The standard InChI is InChI=1S/C11H20N4/c1-4-11(6-5-7-12-8-11)10-14-13-9(2)15(10)3/h12H,4-8H2,1-3H3. The van der Waals surface area contributed by atoms with E-state index in [1.54, 1.807) is 0 Å². The van der Waals surface area contributed by atoms with Gasteiger partial charge in [0.15, 0.2) is 0 Å². The molecule has 1 atom stereocenters. The van der Waals surface area contributed by atoms with Crippen LogP contribution in [0.5, 0.6) is 0 Å². The Balaban J connectivity index is 2.36. The molecule has 1 aromatic rings. The van der Waals surface area contributed by atoms with E-state index in [4.69, 9.17) is 0 Å². The highest BCUT2D eigenvalue weighted by Gasteiger charge is 2.36. The van der Waals surface area contributed by atoms with Crippen molar-refractivity contribution in [2.75, 3.05) is 13.1 Å². The van der Waals surface area contributed by atoms with E-state index in [1.165, 1.54) is 12.8 Å². The predicted molar refractivity (Wildman–Crippen MR) is 59.8 cm³/mol. The van der Waals surface area contributed by atoms with E-state index in [0.717, 1.165) is 31.2 Å². The van der Waals surface area contributed by atoms with Gasteiger partial charge in [0.2, 0.25) is 0 Å². The van der Waals surface area contributed by atoms with Crippen molar-refractivity contribution in [3.8, 4) is 0 Å². The maximum absolute atomic E-state index is 4.35. The quantitative estimate of drug-likeness (QED) is 0.793. The second-order valence-electron chi connectivity index (χ2n) is 4.54. The van der Waals surface area contributed by atoms with Crippen LogP contribution in [0.2, 0.25) is 0 Å². The van der Waals surface area contributed by atoms with Crippen LogP contribution < -0.4 is 5.32 Å². The molecule has 0 saturated carbocycles. The average Bonchev–Trinajstić information content (AvgIpc) is 2.61. The van der Waals surface area contributed by atoms with Crippen molar-refractivity contribution in [2.24, 2.45) is 7.05 Å². The third-order valence-corrected chi connectivity index (χ3v) is 3.72. The van der Waals surface area contributed by atoms with Crippen LogP contribution in [0.15, 0.2) is 0 Å². The van der Waals surface area contributed by atoms with Crippen LogP contribution in [0.25, 0.3) is 0 Å². The van der Waals surface area contributed by atoms with Crippen molar-refractivity contribution in [2.45, 2.75) is 38.5 Å². The topological polar surface area (TPSA) is 42.7 Å². The third kappa shape index (κ3) is 1.67. The van der Waals surface area contributed by atoms with E-state index in [0.29, 0.717) is 0 Å². The summed E-state index contributed by atoms with van der Waals surface area (Å²) in [5.74, 6) is 2.15. The van der Waals surface area contributed by atoms with Gasteiger partial charge in [-0.2, -0.15) is 0 Å². The minimum Gasteiger partial charge on any atom is -0.318 e. The molecule has 0 aliphatic carbocycles. The molecule has 0 amide bonds. The number of nitrogens with one attached hydrogen (secondary N) is 1. The van der Waals surface area contributed by atoms with E-state index < -0.39 is 0 Å². The molecule has 4 heteroatoms. The zero-order valence-electron chi connectivity index (χ0n) is 9.88. The molecular weight excluding hydrogens is 188 g/mol. The largest absolute Gasteiger partial charge is 0.318 e.